The highest BCUT2D eigenvalue weighted by molar-refractivity contribution is 7.92. The third-order valence-corrected chi connectivity index (χ3v) is 4.98. The van der Waals surface area contributed by atoms with Gasteiger partial charge in [-0.25, -0.2) is 8.42 Å². The Morgan fingerprint density at radius 3 is 2.28 bits per heavy atom. The van der Waals surface area contributed by atoms with Gasteiger partial charge in [0.1, 0.15) is 11.8 Å². The van der Waals surface area contributed by atoms with Crippen molar-refractivity contribution in [1.29, 1.82) is 0 Å². The first-order valence-electron chi connectivity index (χ1n) is 7.74. The fourth-order valence-electron chi connectivity index (χ4n) is 2.49. The fraction of sp³-hybridized carbons (Fsp3) is 0.278. The van der Waals surface area contributed by atoms with Crippen LogP contribution in [0.25, 0.3) is 0 Å². The number of hydrogen-bond acceptors (Lipinski definition) is 4. The predicted octanol–water partition coefficient (Wildman–Crippen LogP) is 2.80. The number of aryl methyl sites for hydroxylation is 1. The number of ether oxygens (including phenoxy) is 1. The van der Waals surface area contributed by atoms with Gasteiger partial charge in [-0.15, -0.1) is 0 Å². The molecule has 1 N–H and O–H groups in total. The van der Waals surface area contributed by atoms with Crippen molar-refractivity contribution in [2.24, 2.45) is 0 Å². The van der Waals surface area contributed by atoms with Gasteiger partial charge in [0.05, 0.1) is 24.7 Å². The molecule has 134 valence electrons. The van der Waals surface area contributed by atoms with Crippen molar-refractivity contribution >= 4 is 27.3 Å². The van der Waals surface area contributed by atoms with E-state index in [1.807, 2.05) is 6.92 Å². The molecule has 7 heteroatoms. The fourth-order valence-corrected chi connectivity index (χ4v) is 3.66. The molecule has 2 aromatic carbocycles. The summed E-state index contributed by atoms with van der Waals surface area (Å²) in [7, 11) is -2.14. The van der Waals surface area contributed by atoms with E-state index in [-0.39, 0.29) is 0 Å². The number of nitrogens with zero attached hydrogens (tertiary/aromatic N) is 1. The highest BCUT2D eigenvalue weighted by atomic mass is 32.2. The van der Waals surface area contributed by atoms with E-state index < -0.39 is 22.0 Å². The molecule has 2 aromatic rings. The summed E-state index contributed by atoms with van der Waals surface area (Å²) in [6.45, 7) is 3.46. The summed E-state index contributed by atoms with van der Waals surface area (Å²) in [4.78, 5) is 12.6. The van der Waals surface area contributed by atoms with Crippen LogP contribution in [0.3, 0.4) is 0 Å². The van der Waals surface area contributed by atoms with Crippen LogP contribution in [-0.2, 0) is 14.8 Å². The highest BCUT2D eigenvalue weighted by Gasteiger charge is 2.29. The molecular formula is C18H22N2O4S. The number of amides is 1. The molecule has 1 atom stereocenters. The SMILES string of the molecule is COc1ccccc1NC(=O)[C@@H](C)N(c1ccc(C)cc1)S(C)(=O)=O. The normalized spacial score (nSPS) is 12.3. The number of methoxy groups -OCH3 is 1. The molecular weight excluding hydrogens is 340 g/mol. The smallest absolute Gasteiger partial charge is 0.248 e. The van der Waals surface area contributed by atoms with E-state index in [4.69, 9.17) is 4.74 Å². The van der Waals surface area contributed by atoms with Crippen molar-refractivity contribution in [2.45, 2.75) is 19.9 Å². The van der Waals surface area contributed by atoms with Crippen LogP contribution in [0.2, 0.25) is 0 Å². The Balaban J connectivity index is 2.31. The lowest BCUT2D eigenvalue weighted by Crippen LogP contribution is -2.45. The first-order valence-corrected chi connectivity index (χ1v) is 9.59. The maximum absolute atomic E-state index is 12.6. The van der Waals surface area contributed by atoms with Gasteiger partial charge in [0.15, 0.2) is 0 Å². The molecule has 0 aliphatic heterocycles. The maximum Gasteiger partial charge on any atom is 0.248 e. The standard InChI is InChI=1S/C18H22N2O4S/c1-13-9-11-15(12-10-13)20(25(4,22)23)14(2)18(21)19-16-7-5-6-8-17(16)24-3/h5-12,14H,1-4H3,(H,19,21)/t14-/m1/s1. The van der Waals surface area contributed by atoms with E-state index in [9.17, 15) is 13.2 Å². The molecule has 0 radical (unpaired) electrons. The van der Waals surface area contributed by atoms with E-state index in [0.717, 1.165) is 16.1 Å². The molecule has 0 saturated heterocycles. The minimum atomic E-state index is -3.64. The lowest BCUT2D eigenvalue weighted by molar-refractivity contribution is -0.116. The van der Waals surface area contributed by atoms with Gasteiger partial charge in [0, 0.05) is 0 Å². The molecule has 0 spiro atoms. The number of hydrogen-bond donors (Lipinski definition) is 1. The lowest BCUT2D eigenvalue weighted by Gasteiger charge is -2.28. The highest BCUT2D eigenvalue weighted by Crippen LogP contribution is 2.25. The first-order chi connectivity index (χ1) is 11.7. The minimum absolute atomic E-state index is 0.441. The zero-order valence-corrected chi connectivity index (χ0v) is 15.5. The van der Waals surface area contributed by atoms with Crippen molar-refractivity contribution < 1.29 is 17.9 Å². The van der Waals surface area contributed by atoms with Gasteiger partial charge < -0.3 is 10.1 Å². The molecule has 0 saturated carbocycles. The van der Waals surface area contributed by atoms with E-state index in [2.05, 4.69) is 5.32 Å². The van der Waals surface area contributed by atoms with E-state index in [1.54, 1.807) is 55.5 Å². The molecule has 0 fully saturated rings. The maximum atomic E-state index is 12.6. The van der Waals surface area contributed by atoms with Gasteiger partial charge in [-0.05, 0) is 38.1 Å². The van der Waals surface area contributed by atoms with Gasteiger partial charge >= 0.3 is 0 Å². The van der Waals surface area contributed by atoms with Crippen molar-refractivity contribution in [2.75, 3.05) is 23.0 Å². The number of rotatable bonds is 6. The quantitative estimate of drug-likeness (QED) is 0.857. The van der Waals surface area contributed by atoms with Gasteiger partial charge in [-0.1, -0.05) is 29.8 Å². The number of sulfonamides is 1. The van der Waals surface area contributed by atoms with Gasteiger partial charge in [0.25, 0.3) is 0 Å². The summed E-state index contributed by atoms with van der Waals surface area (Å²) in [5.74, 6) is 0.0554. The summed E-state index contributed by atoms with van der Waals surface area (Å²) in [5, 5.41) is 2.72. The van der Waals surface area contributed by atoms with Crippen LogP contribution in [0, 0.1) is 6.92 Å². The zero-order valence-electron chi connectivity index (χ0n) is 14.7. The van der Waals surface area contributed by atoms with Crippen molar-refractivity contribution in [1.82, 2.24) is 0 Å². The van der Waals surface area contributed by atoms with Crippen LogP contribution in [0.1, 0.15) is 12.5 Å². The van der Waals surface area contributed by atoms with Gasteiger partial charge in [-0.2, -0.15) is 0 Å². The van der Waals surface area contributed by atoms with Crippen LogP contribution < -0.4 is 14.4 Å². The second-order valence-corrected chi connectivity index (χ2v) is 7.62. The predicted molar refractivity (Wildman–Crippen MR) is 99.6 cm³/mol. The molecule has 6 nitrogen and oxygen atoms in total. The minimum Gasteiger partial charge on any atom is -0.495 e. The Labute approximate surface area is 148 Å². The number of benzene rings is 2. The molecule has 0 heterocycles. The second kappa shape index (κ2) is 7.57. The number of para-hydroxylation sites is 2. The van der Waals surface area contributed by atoms with Crippen LogP contribution in [-0.4, -0.2) is 33.7 Å². The molecule has 0 aromatic heterocycles. The van der Waals surface area contributed by atoms with E-state index in [1.165, 1.54) is 7.11 Å². The number of anilines is 2. The Morgan fingerprint density at radius 1 is 1.12 bits per heavy atom. The zero-order chi connectivity index (χ0) is 18.6. The van der Waals surface area contributed by atoms with Crippen LogP contribution in [0.4, 0.5) is 11.4 Å². The summed E-state index contributed by atoms with van der Waals surface area (Å²) >= 11 is 0. The molecule has 0 unspecified atom stereocenters. The van der Waals surface area contributed by atoms with Crippen molar-refractivity contribution in [3.63, 3.8) is 0 Å². The summed E-state index contributed by atoms with van der Waals surface area (Å²) in [6, 6.07) is 13.0. The molecule has 0 aliphatic rings. The molecule has 25 heavy (non-hydrogen) atoms. The van der Waals surface area contributed by atoms with E-state index in [0.29, 0.717) is 17.1 Å². The summed E-state index contributed by atoms with van der Waals surface area (Å²) < 4.78 is 30.8. The average molecular weight is 362 g/mol. The Bertz CT molecular complexity index is 848. The van der Waals surface area contributed by atoms with Gasteiger partial charge in [0.2, 0.25) is 15.9 Å². The Kier molecular flexibility index (Phi) is 5.69. The Morgan fingerprint density at radius 2 is 1.72 bits per heavy atom. The number of carbonyl (C=O) groups excluding carboxylic acids is 1. The van der Waals surface area contributed by atoms with Crippen molar-refractivity contribution in [3.05, 3.63) is 54.1 Å². The van der Waals surface area contributed by atoms with Gasteiger partial charge in [-0.3, -0.25) is 9.10 Å². The van der Waals surface area contributed by atoms with Crippen LogP contribution in [0.15, 0.2) is 48.5 Å². The lowest BCUT2D eigenvalue weighted by atomic mass is 10.2. The monoisotopic (exact) mass is 362 g/mol. The number of carbonyl (C=O) groups is 1. The number of nitrogens with one attached hydrogen (secondary N) is 1. The topological polar surface area (TPSA) is 75.7 Å². The molecule has 1 amide bonds. The van der Waals surface area contributed by atoms with Crippen LogP contribution in [0.5, 0.6) is 5.75 Å². The third kappa shape index (κ3) is 4.51. The van der Waals surface area contributed by atoms with Crippen molar-refractivity contribution in [3.8, 4) is 5.75 Å². The second-order valence-electron chi connectivity index (χ2n) is 5.76. The summed E-state index contributed by atoms with van der Waals surface area (Å²) in [6.07, 6.45) is 1.08. The summed E-state index contributed by atoms with van der Waals surface area (Å²) in [5.41, 5.74) is 1.93. The molecule has 0 aliphatic carbocycles. The Hall–Kier alpha value is -2.54. The van der Waals surface area contributed by atoms with Crippen LogP contribution >= 0.6 is 0 Å². The largest absolute Gasteiger partial charge is 0.495 e. The molecule has 0 bridgehead atoms. The average Bonchev–Trinajstić information content (AvgIpc) is 2.56. The third-order valence-electron chi connectivity index (χ3n) is 3.74. The first kappa shape index (κ1) is 18.8. The molecule has 2 rings (SSSR count). The van der Waals surface area contributed by atoms with E-state index >= 15 is 0 Å².